The smallest absolute Gasteiger partial charge is 0.332 e. The maximum Gasteiger partial charge on any atom is 0.332 e. The van der Waals surface area contributed by atoms with E-state index in [1.54, 1.807) is 4.90 Å². The molecule has 1 aliphatic heterocycles. The Morgan fingerprint density at radius 1 is 1.06 bits per heavy atom. The third-order valence-electron chi connectivity index (χ3n) is 6.31. The van der Waals surface area contributed by atoms with Gasteiger partial charge in [0.2, 0.25) is 5.91 Å². The van der Waals surface area contributed by atoms with Gasteiger partial charge in [-0.25, -0.2) is 4.79 Å². The fraction of sp³-hybridized carbons (Fsp3) is 0.462. The fourth-order valence-corrected chi connectivity index (χ4v) is 4.65. The van der Waals surface area contributed by atoms with E-state index < -0.39 is 5.54 Å². The van der Waals surface area contributed by atoms with Crippen molar-refractivity contribution in [3.63, 3.8) is 0 Å². The van der Waals surface area contributed by atoms with Crippen LogP contribution < -0.4 is 4.90 Å². The van der Waals surface area contributed by atoms with Gasteiger partial charge in [-0.2, -0.15) is 0 Å². The number of para-hydroxylation sites is 1. The van der Waals surface area contributed by atoms with E-state index in [2.05, 4.69) is 36.1 Å². The molecule has 0 aliphatic carbocycles. The number of rotatable bonds is 8. The molecule has 0 saturated carbocycles. The number of piperidine rings is 1. The zero-order valence-corrected chi connectivity index (χ0v) is 18.9. The molecule has 0 aromatic heterocycles. The first kappa shape index (κ1) is 23.0. The lowest BCUT2D eigenvalue weighted by molar-refractivity contribution is -0.156. The Balaban J connectivity index is 1.88. The molecule has 5 heteroatoms. The van der Waals surface area contributed by atoms with E-state index in [0.717, 1.165) is 31.7 Å². The zero-order chi connectivity index (χ0) is 22.3. The van der Waals surface area contributed by atoms with E-state index in [1.165, 1.54) is 5.56 Å². The van der Waals surface area contributed by atoms with Crippen molar-refractivity contribution < 1.29 is 14.3 Å². The minimum Gasteiger partial charge on any atom is -0.464 e. The van der Waals surface area contributed by atoms with E-state index in [0.29, 0.717) is 19.4 Å². The summed E-state index contributed by atoms with van der Waals surface area (Å²) in [6, 6.07) is 20.0. The van der Waals surface area contributed by atoms with Crippen LogP contribution in [0.25, 0.3) is 0 Å². The SMILES string of the molecule is CCOC(=O)C1(N(C(=O)CC)c2ccccc2)CCN(CCc2ccccc2)CC1C. The number of carbonyl (C=O) groups excluding carboxylic acids is 2. The maximum atomic E-state index is 13.4. The molecule has 1 aliphatic rings. The fourth-order valence-electron chi connectivity index (χ4n) is 4.65. The van der Waals surface area contributed by atoms with Crippen LogP contribution in [0.5, 0.6) is 0 Å². The molecule has 1 amide bonds. The predicted molar refractivity (Wildman–Crippen MR) is 124 cm³/mol. The molecule has 1 heterocycles. The van der Waals surface area contributed by atoms with Gasteiger partial charge in [0, 0.05) is 37.7 Å². The van der Waals surface area contributed by atoms with E-state index in [9.17, 15) is 9.59 Å². The number of nitrogens with zero attached hydrogens (tertiary/aromatic N) is 2. The van der Waals surface area contributed by atoms with Gasteiger partial charge in [-0.3, -0.25) is 9.69 Å². The molecule has 1 saturated heterocycles. The van der Waals surface area contributed by atoms with Crippen LogP contribution in [0.1, 0.15) is 39.2 Å². The summed E-state index contributed by atoms with van der Waals surface area (Å²) in [6.45, 7) is 8.46. The number of benzene rings is 2. The Hall–Kier alpha value is -2.66. The minimum absolute atomic E-state index is 0.0520. The monoisotopic (exact) mass is 422 g/mol. The number of carbonyl (C=O) groups is 2. The molecule has 5 nitrogen and oxygen atoms in total. The van der Waals surface area contributed by atoms with Gasteiger partial charge in [0.1, 0.15) is 5.54 Å². The molecule has 0 spiro atoms. The lowest BCUT2D eigenvalue weighted by Gasteiger charge is -2.50. The summed E-state index contributed by atoms with van der Waals surface area (Å²) >= 11 is 0. The quantitative estimate of drug-likeness (QED) is 0.595. The molecule has 2 aromatic rings. The number of hydrogen-bond donors (Lipinski definition) is 0. The molecule has 0 bridgehead atoms. The Bertz CT molecular complexity index is 855. The van der Waals surface area contributed by atoms with E-state index >= 15 is 0 Å². The predicted octanol–water partition coefficient (Wildman–Crippen LogP) is 4.32. The van der Waals surface area contributed by atoms with Crippen LogP contribution >= 0.6 is 0 Å². The Kier molecular flexibility index (Phi) is 7.85. The van der Waals surface area contributed by atoms with E-state index in [1.807, 2.05) is 50.2 Å². The second kappa shape index (κ2) is 10.6. The average molecular weight is 423 g/mol. The Morgan fingerprint density at radius 2 is 1.71 bits per heavy atom. The first-order valence-electron chi connectivity index (χ1n) is 11.3. The molecule has 0 N–H and O–H groups in total. The summed E-state index contributed by atoms with van der Waals surface area (Å²) in [5.41, 5.74) is 1.07. The van der Waals surface area contributed by atoms with Crippen LogP contribution in [0.15, 0.2) is 60.7 Å². The van der Waals surface area contributed by atoms with Crippen LogP contribution in [0.3, 0.4) is 0 Å². The highest BCUT2D eigenvalue weighted by molar-refractivity contribution is 6.02. The summed E-state index contributed by atoms with van der Waals surface area (Å²) in [5, 5.41) is 0. The van der Waals surface area contributed by atoms with E-state index in [-0.39, 0.29) is 17.8 Å². The second-order valence-corrected chi connectivity index (χ2v) is 8.25. The summed E-state index contributed by atoms with van der Waals surface area (Å²) in [7, 11) is 0. The van der Waals surface area contributed by atoms with Crippen LogP contribution in [-0.4, -0.2) is 48.6 Å². The molecule has 2 atom stereocenters. The largest absolute Gasteiger partial charge is 0.464 e. The van der Waals surface area contributed by atoms with Gasteiger partial charge >= 0.3 is 5.97 Å². The second-order valence-electron chi connectivity index (χ2n) is 8.25. The van der Waals surface area contributed by atoms with Gasteiger partial charge in [0.25, 0.3) is 0 Å². The molecule has 166 valence electrons. The normalized spacial score (nSPS) is 21.5. The Labute approximate surface area is 186 Å². The third kappa shape index (κ3) is 4.99. The first-order chi connectivity index (χ1) is 15.0. The maximum absolute atomic E-state index is 13.4. The highest BCUT2D eigenvalue weighted by Gasteiger charge is 2.54. The average Bonchev–Trinajstić information content (AvgIpc) is 2.80. The van der Waals surface area contributed by atoms with Crippen molar-refractivity contribution >= 4 is 17.6 Å². The van der Waals surface area contributed by atoms with Crippen molar-refractivity contribution in [1.82, 2.24) is 4.90 Å². The van der Waals surface area contributed by atoms with Gasteiger partial charge in [-0.15, -0.1) is 0 Å². The van der Waals surface area contributed by atoms with Gasteiger partial charge in [-0.1, -0.05) is 62.4 Å². The first-order valence-corrected chi connectivity index (χ1v) is 11.3. The van der Waals surface area contributed by atoms with Crippen molar-refractivity contribution in [2.24, 2.45) is 5.92 Å². The number of likely N-dealkylation sites (tertiary alicyclic amines) is 1. The van der Waals surface area contributed by atoms with Gasteiger partial charge in [0.05, 0.1) is 6.61 Å². The zero-order valence-electron chi connectivity index (χ0n) is 18.9. The molecular formula is C26H34N2O3. The van der Waals surface area contributed by atoms with Crippen molar-refractivity contribution in [3.8, 4) is 0 Å². The molecule has 3 rings (SSSR count). The summed E-state index contributed by atoms with van der Waals surface area (Å²) in [5.74, 6) is -0.411. The van der Waals surface area contributed by atoms with Crippen molar-refractivity contribution in [2.75, 3.05) is 31.1 Å². The highest BCUT2D eigenvalue weighted by Crippen LogP contribution is 2.39. The van der Waals surface area contributed by atoms with Gasteiger partial charge in [-0.05, 0) is 37.5 Å². The van der Waals surface area contributed by atoms with Crippen molar-refractivity contribution in [2.45, 2.75) is 45.6 Å². The molecule has 2 aromatic carbocycles. The summed E-state index contributed by atoms with van der Waals surface area (Å²) < 4.78 is 5.57. The van der Waals surface area contributed by atoms with E-state index in [4.69, 9.17) is 4.74 Å². The molecule has 0 radical (unpaired) electrons. The third-order valence-corrected chi connectivity index (χ3v) is 6.31. The van der Waals surface area contributed by atoms with Gasteiger partial charge < -0.3 is 9.64 Å². The number of anilines is 1. The van der Waals surface area contributed by atoms with Gasteiger partial charge in [0.15, 0.2) is 0 Å². The van der Waals surface area contributed by atoms with Crippen LogP contribution in [-0.2, 0) is 20.7 Å². The standard InChI is InChI=1S/C26H34N2O3/c1-4-24(29)28(23-14-10-7-11-15-23)26(25(30)31-5-2)17-19-27(20-21(26)3)18-16-22-12-8-6-9-13-22/h6-15,21H,4-5,16-20H2,1-3H3. The topological polar surface area (TPSA) is 49.9 Å². The lowest BCUT2D eigenvalue weighted by Crippen LogP contribution is -2.67. The molecule has 1 fully saturated rings. The van der Waals surface area contributed by atoms with Crippen LogP contribution in [0.4, 0.5) is 5.69 Å². The molecular weight excluding hydrogens is 388 g/mol. The summed E-state index contributed by atoms with van der Waals surface area (Å²) in [6.07, 6.45) is 1.86. The number of ether oxygens (including phenoxy) is 1. The lowest BCUT2D eigenvalue weighted by atomic mass is 9.76. The van der Waals surface area contributed by atoms with Crippen molar-refractivity contribution in [1.29, 1.82) is 0 Å². The molecule has 31 heavy (non-hydrogen) atoms. The minimum atomic E-state index is -0.992. The summed E-state index contributed by atoms with van der Waals surface area (Å²) in [4.78, 5) is 30.7. The van der Waals surface area contributed by atoms with Crippen molar-refractivity contribution in [3.05, 3.63) is 66.2 Å². The number of amides is 1. The van der Waals surface area contributed by atoms with Crippen LogP contribution in [0.2, 0.25) is 0 Å². The highest BCUT2D eigenvalue weighted by atomic mass is 16.5. The van der Waals surface area contributed by atoms with Crippen LogP contribution in [0, 0.1) is 5.92 Å². The number of esters is 1. The molecule has 2 unspecified atom stereocenters. The Morgan fingerprint density at radius 3 is 2.29 bits per heavy atom. The number of hydrogen-bond acceptors (Lipinski definition) is 4.